The topological polar surface area (TPSA) is 24.5 Å². The molecule has 106 valence electrons. The second-order valence-electron chi connectivity index (χ2n) is 6.96. The Bertz CT molecular complexity index is 276. The fourth-order valence-electron chi connectivity index (χ4n) is 2.99. The first kappa shape index (κ1) is 14.3. The van der Waals surface area contributed by atoms with Crippen LogP contribution in [-0.2, 0) is 4.74 Å². The van der Waals surface area contributed by atoms with E-state index in [1.807, 2.05) is 7.11 Å². The lowest BCUT2D eigenvalue weighted by Gasteiger charge is -2.35. The Balaban J connectivity index is 1.87. The summed E-state index contributed by atoms with van der Waals surface area (Å²) in [6.07, 6.45) is 5.22. The Hall–Kier alpha value is -0.120. The summed E-state index contributed by atoms with van der Waals surface area (Å²) in [6, 6.07) is 0. The fourth-order valence-corrected chi connectivity index (χ4v) is 2.99. The predicted octanol–water partition coefficient (Wildman–Crippen LogP) is 2.27. The number of nitrogens with one attached hydrogen (secondary N) is 1. The number of ether oxygens (including phenoxy) is 1. The molecule has 1 aliphatic carbocycles. The van der Waals surface area contributed by atoms with Gasteiger partial charge in [-0.25, -0.2) is 0 Å². The van der Waals surface area contributed by atoms with Gasteiger partial charge in [-0.3, -0.25) is 0 Å². The van der Waals surface area contributed by atoms with E-state index < -0.39 is 0 Å². The highest BCUT2D eigenvalue weighted by Crippen LogP contribution is 2.40. The summed E-state index contributed by atoms with van der Waals surface area (Å²) in [5.41, 5.74) is 0.365. The molecule has 2 fully saturated rings. The number of hydrogen-bond acceptors (Lipinski definition) is 3. The van der Waals surface area contributed by atoms with Gasteiger partial charge in [-0.2, -0.15) is 0 Å². The van der Waals surface area contributed by atoms with Crippen LogP contribution in [0.2, 0.25) is 0 Å². The lowest BCUT2D eigenvalue weighted by Crippen LogP contribution is -2.51. The fraction of sp³-hybridized carbons (Fsp3) is 1.00. The molecule has 1 heterocycles. The molecule has 1 atom stereocenters. The van der Waals surface area contributed by atoms with E-state index in [0.717, 1.165) is 18.9 Å². The van der Waals surface area contributed by atoms with Crippen molar-refractivity contribution in [3.05, 3.63) is 0 Å². The van der Waals surface area contributed by atoms with Gasteiger partial charge in [0.05, 0.1) is 5.60 Å². The van der Waals surface area contributed by atoms with Crippen molar-refractivity contribution in [2.75, 3.05) is 33.3 Å². The minimum Gasteiger partial charge on any atom is -0.379 e. The molecular formula is C15H30N2O. The smallest absolute Gasteiger partial charge is 0.0634 e. The molecule has 3 nitrogen and oxygen atoms in total. The second kappa shape index (κ2) is 5.48. The monoisotopic (exact) mass is 254 g/mol. The third kappa shape index (κ3) is 3.69. The molecule has 1 saturated heterocycles. The van der Waals surface area contributed by atoms with Crippen LogP contribution in [0, 0.1) is 5.92 Å². The Labute approximate surface area is 112 Å². The largest absolute Gasteiger partial charge is 0.379 e. The molecule has 0 aromatic carbocycles. The number of methoxy groups -OCH3 is 1. The van der Waals surface area contributed by atoms with Gasteiger partial charge in [0.25, 0.3) is 0 Å². The molecule has 0 bridgehead atoms. The van der Waals surface area contributed by atoms with Crippen LogP contribution in [0.4, 0.5) is 0 Å². The van der Waals surface area contributed by atoms with Gasteiger partial charge in [0.2, 0.25) is 0 Å². The summed E-state index contributed by atoms with van der Waals surface area (Å²) in [6.45, 7) is 11.6. The van der Waals surface area contributed by atoms with Crippen LogP contribution >= 0.6 is 0 Å². The van der Waals surface area contributed by atoms with Crippen molar-refractivity contribution in [2.24, 2.45) is 5.92 Å². The molecule has 1 saturated carbocycles. The van der Waals surface area contributed by atoms with Crippen molar-refractivity contribution in [3.8, 4) is 0 Å². The second-order valence-corrected chi connectivity index (χ2v) is 6.96. The van der Waals surface area contributed by atoms with E-state index in [0.29, 0.717) is 5.54 Å². The molecule has 2 rings (SSSR count). The molecule has 18 heavy (non-hydrogen) atoms. The van der Waals surface area contributed by atoms with Gasteiger partial charge in [0.1, 0.15) is 0 Å². The molecule has 0 amide bonds. The SMILES string of the molecule is COC(C)(C)CCN1CCCNC(C)(C2CC2)C1. The quantitative estimate of drug-likeness (QED) is 0.814. The summed E-state index contributed by atoms with van der Waals surface area (Å²) in [5, 5.41) is 3.79. The minimum atomic E-state index is 0.00964. The molecule has 0 aromatic heterocycles. The zero-order valence-corrected chi connectivity index (χ0v) is 12.6. The van der Waals surface area contributed by atoms with E-state index in [4.69, 9.17) is 4.74 Å². The van der Waals surface area contributed by atoms with E-state index in [1.165, 1.54) is 38.9 Å². The van der Waals surface area contributed by atoms with Crippen LogP contribution in [0.1, 0.15) is 46.5 Å². The number of hydrogen-bond donors (Lipinski definition) is 1. The van der Waals surface area contributed by atoms with Crippen LogP contribution in [-0.4, -0.2) is 49.3 Å². The Morgan fingerprint density at radius 2 is 2.11 bits per heavy atom. The van der Waals surface area contributed by atoms with Crippen molar-refractivity contribution < 1.29 is 4.74 Å². The highest BCUT2D eigenvalue weighted by atomic mass is 16.5. The van der Waals surface area contributed by atoms with Crippen LogP contribution in [0.5, 0.6) is 0 Å². The lowest BCUT2D eigenvalue weighted by molar-refractivity contribution is 0.00607. The van der Waals surface area contributed by atoms with E-state index >= 15 is 0 Å². The Morgan fingerprint density at radius 1 is 1.39 bits per heavy atom. The van der Waals surface area contributed by atoms with Crippen LogP contribution in [0.3, 0.4) is 0 Å². The van der Waals surface area contributed by atoms with Gasteiger partial charge in [0.15, 0.2) is 0 Å². The van der Waals surface area contributed by atoms with Gasteiger partial charge in [0, 0.05) is 25.7 Å². The molecule has 0 radical (unpaired) electrons. The molecule has 3 heteroatoms. The average Bonchev–Trinajstić information content (AvgIpc) is 3.14. The first-order chi connectivity index (χ1) is 8.45. The minimum absolute atomic E-state index is 0.00964. The molecular weight excluding hydrogens is 224 g/mol. The van der Waals surface area contributed by atoms with E-state index in [2.05, 4.69) is 31.0 Å². The van der Waals surface area contributed by atoms with Crippen molar-refractivity contribution in [2.45, 2.75) is 57.6 Å². The Kier molecular flexibility index (Phi) is 4.35. The van der Waals surface area contributed by atoms with Gasteiger partial charge >= 0.3 is 0 Å². The van der Waals surface area contributed by atoms with Gasteiger partial charge in [-0.1, -0.05) is 0 Å². The summed E-state index contributed by atoms with van der Waals surface area (Å²) in [7, 11) is 1.82. The van der Waals surface area contributed by atoms with Crippen LogP contribution in [0.15, 0.2) is 0 Å². The van der Waals surface area contributed by atoms with Crippen LogP contribution in [0.25, 0.3) is 0 Å². The third-order valence-electron chi connectivity index (χ3n) is 4.79. The molecule has 1 N–H and O–H groups in total. The normalized spacial score (nSPS) is 31.3. The predicted molar refractivity (Wildman–Crippen MR) is 75.9 cm³/mol. The zero-order valence-electron chi connectivity index (χ0n) is 12.6. The third-order valence-corrected chi connectivity index (χ3v) is 4.79. The summed E-state index contributed by atoms with van der Waals surface area (Å²) < 4.78 is 5.53. The summed E-state index contributed by atoms with van der Waals surface area (Å²) >= 11 is 0. The maximum atomic E-state index is 5.53. The van der Waals surface area contributed by atoms with Crippen molar-refractivity contribution >= 4 is 0 Å². The summed E-state index contributed by atoms with van der Waals surface area (Å²) in [4.78, 5) is 2.64. The molecule has 2 aliphatic rings. The van der Waals surface area contributed by atoms with Crippen molar-refractivity contribution in [1.29, 1.82) is 0 Å². The highest BCUT2D eigenvalue weighted by molar-refractivity contribution is 5.01. The maximum absolute atomic E-state index is 5.53. The van der Waals surface area contributed by atoms with E-state index in [1.54, 1.807) is 0 Å². The molecule has 0 spiro atoms. The standard InChI is InChI=1S/C15H30N2O/c1-14(2,18-4)8-11-17-10-5-9-16-15(3,12-17)13-6-7-13/h13,16H,5-12H2,1-4H3. The maximum Gasteiger partial charge on any atom is 0.0634 e. The van der Waals surface area contributed by atoms with E-state index in [-0.39, 0.29) is 5.60 Å². The zero-order chi connectivity index (χ0) is 13.2. The van der Waals surface area contributed by atoms with Gasteiger partial charge < -0.3 is 15.0 Å². The molecule has 1 unspecified atom stereocenters. The molecule has 1 aliphatic heterocycles. The van der Waals surface area contributed by atoms with Crippen molar-refractivity contribution in [3.63, 3.8) is 0 Å². The number of rotatable bonds is 5. The molecule has 0 aromatic rings. The number of nitrogens with zero attached hydrogens (tertiary/aromatic N) is 1. The summed E-state index contributed by atoms with van der Waals surface area (Å²) in [5.74, 6) is 0.911. The van der Waals surface area contributed by atoms with Crippen LogP contribution < -0.4 is 5.32 Å². The lowest BCUT2D eigenvalue weighted by atomic mass is 9.95. The van der Waals surface area contributed by atoms with Gasteiger partial charge in [-0.05, 0) is 65.5 Å². The first-order valence-corrected chi connectivity index (χ1v) is 7.48. The van der Waals surface area contributed by atoms with E-state index in [9.17, 15) is 0 Å². The highest BCUT2D eigenvalue weighted by Gasteiger charge is 2.42. The first-order valence-electron chi connectivity index (χ1n) is 7.48. The Morgan fingerprint density at radius 3 is 2.72 bits per heavy atom. The van der Waals surface area contributed by atoms with Gasteiger partial charge in [-0.15, -0.1) is 0 Å². The average molecular weight is 254 g/mol. The van der Waals surface area contributed by atoms with Crippen molar-refractivity contribution in [1.82, 2.24) is 10.2 Å².